The van der Waals surface area contributed by atoms with Crippen LogP contribution in [0, 0.1) is 13.8 Å². The molecule has 4 heteroatoms. The molecular weight excluding hydrogens is 212 g/mol. The van der Waals surface area contributed by atoms with E-state index < -0.39 is 0 Å². The van der Waals surface area contributed by atoms with Gasteiger partial charge in [-0.1, -0.05) is 30.3 Å². The minimum atomic E-state index is 0.829. The highest BCUT2D eigenvalue weighted by Gasteiger charge is 2.13. The third kappa shape index (κ3) is 1.49. The number of fused-ring (bicyclic) bond motifs is 1. The minimum Gasteiger partial charge on any atom is -0.281 e. The van der Waals surface area contributed by atoms with Crippen LogP contribution >= 0.6 is 0 Å². The SMILES string of the molecule is Cc1nnc(-c2ccccc2)c2n[nH]c(C)c12. The normalized spacial score (nSPS) is 10.9. The molecule has 0 aliphatic rings. The molecule has 1 aromatic carbocycles. The van der Waals surface area contributed by atoms with Crippen molar-refractivity contribution >= 4 is 10.9 Å². The first-order chi connectivity index (χ1) is 8.27. The number of rotatable bonds is 1. The molecule has 0 radical (unpaired) electrons. The van der Waals surface area contributed by atoms with Gasteiger partial charge in [0.15, 0.2) is 0 Å². The highest BCUT2D eigenvalue weighted by molar-refractivity contribution is 5.93. The maximum atomic E-state index is 4.33. The van der Waals surface area contributed by atoms with Gasteiger partial charge in [-0.3, -0.25) is 5.10 Å². The highest BCUT2D eigenvalue weighted by atomic mass is 15.2. The molecule has 0 saturated heterocycles. The van der Waals surface area contributed by atoms with Crippen molar-refractivity contribution in [3.8, 4) is 11.3 Å². The van der Waals surface area contributed by atoms with Gasteiger partial charge in [0.1, 0.15) is 11.2 Å². The van der Waals surface area contributed by atoms with Crippen molar-refractivity contribution in [1.29, 1.82) is 0 Å². The van der Waals surface area contributed by atoms with E-state index in [1.807, 2.05) is 44.2 Å². The van der Waals surface area contributed by atoms with E-state index in [2.05, 4.69) is 20.4 Å². The lowest BCUT2D eigenvalue weighted by molar-refractivity contribution is 1.00. The van der Waals surface area contributed by atoms with E-state index in [9.17, 15) is 0 Å². The van der Waals surface area contributed by atoms with E-state index in [1.165, 1.54) is 0 Å². The average molecular weight is 224 g/mol. The summed E-state index contributed by atoms with van der Waals surface area (Å²) in [6, 6.07) is 9.99. The molecule has 0 aliphatic carbocycles. The van der Waals surface area contributed by atoms with Gasteiger partial charge in [-0.2, -0.15) is 10.2 Å². The summed E-state index contributed by atoms with van der Waals surface area (Å²) in [5.41, 5.74) is 4.70. The van der Waals surface area contributed by atoms with Gasteiger partial charge in [0, 0.05) is 16.6 Å². The summed E-state index contributed by atoms with van der Waals surface area (Å²) < 4.78 is 0. The highest BCUT2D eigenvalue weighted by Crippen LogP contribution is 2.26. The molecule has 0 amide bonds. The monoisotopic (exact) mass is 224 g/mol. The van der Waals surface area contributed by atoms with Crippen LogP contribution in [0.25, 0.3) is 22.2 Å². The number of aromatic nitrogens is 4. The van der Waals surface area contributed by atoms with Crippen LogP contribution in [0.2, 0.25) is 0 Å². The number of hydrogen-bond donors (Lipinski definition) is 1. The third-order valence-corrected chi connectivity index (χ3v) is 2.88. The second kappa shape index (κ2) is 3.66. The second-order valence-electron chi connectivity index (χ2n) is 4.07. The molecule has 0 bridgehead atoms. The number of hydrogen-bond acceptors (Lipinski definition) is 3. The summed E-state index contributed by atoms with van der Waals surface area (Å²) in [6.07, 6.45) is 0. The molecule has 0 spiro atoms. The van der Waals surface area contributed by atoms with Gasteiger partial charge in [-0.15, -0.1) is 5.10 Å². The summed E-state index contributed by atoms with van der Waals surface area (Å²) in [5.74, 6) is 0. The van der Waals surface area contributed by atoms with E-state index in [0.29, 0.717) is 0 Å². The van der Waals surface area contributed by atoms with Crippen LogP contribution < -0.4 is 0 Å². The Labute approximate surface area is 98.7 Å². The zero-order valence-corrected chi connectivity index (χ0v) is 9.73. The lowest BCUT2D eigenvalue weighted by atomic mass is 10.1. The summed E-state index contributed by atoms with van der Waals surface area (Å²) >= 11 is 0. The zero-order valence-electron chi connectivity index (χ0n) is 9.73. The fraction of sp³-hybridized carbons (Fsp3) is 0.154. The summed E-state index contributed by atoms with van der Waals surface area (Å²) in [7, 11) is 0. The predicted octanol–water partition coefficient (Wildman–Crippen LogP) is 2.64. The van der Waals surface area contributed by atoms with Gasteiger partial charge in [0.05, 0.1) is 5.69 Å². The van der Waals surface area contributed by atoms with Crippen LogP contribution in [0.3, 0.4) is 0 Å². The van der Waals surface area contributed by atoms with Crippen molar-refractivity contribution < 1.29 is 0 Å². The van der Waals surface area contributed by atoms with Crippen molar-refractivity contribution in [2.75, 3.05) is 0 Å². The van der Waals surface area contributed by atoms with Crippen LogP contribution in [-0.2, 0) is 0 Å². The van der Waals surface area contributed by atoms with Gasteiger partial charge in [-0.05, 0) is 13.8 Å². The predicted molar refractivity (Wildman–Crippen MR) is 66.6 cm³/mol. The topological polar surface area (TPSA) is 54.5 Å². The lowest BCUT2D eigenvalue weighted by Crippen LogP contribution is -1.93. The van der Waals surface area contributed by atoms with Crippen LogP contribution in [0.15, 0.2) is 30.3 Å². The Hall–Kier alpha value is -2.23. The molecule has 0 fully saturated rings. The Morgan fingerprint density at radius 2 is 1.76 bits per heavy atom. The molecule has 0 saturated carbocycles. The largest absolute Gasteiger partial charge is 0.281 e. The Balaban J connectivity index is 2.36. The van der Waals surface area contributed by atoms with Crippen molar-refractivity contribution in [2.24, 2.45) is 0 Å². The molecular formula is C13H12N4. The molecule has 2 heterocycles. The quantitative estimate of drug-likeness (QED) is 0.691. The number of aryl methyl sites for hydroxylation is 2. The zero-order chi connectivity index (χ0) is 11.8. The third-order valence-electron chi connectivity index (χ3n) is 2.88. The number of aromatic amines is 1. The molecule has 1 N–H and O–H groups in total. The Morgan fingerprint density at radius 3 is 2.53 bits per heavy atom. The fourth-order valence-corrected chi connectivity index (χ4v) is 2.06. The first-order valence-electron chi connectivity index (χ1n) is 5.51. The fourth-order valence-electron chi connectivity index (χ4n) is 2.06. The maximum absolute atomic E-state index is 4.33. The molecule has 3 rings (SSSR count). The van der Waals surface area contributed by atoms with E-state index >= 15 is 0 Å². The first kappa shape index (κ1) is 9.96. The van der Waals surface area contributed by atoms with E-state index in [-0.39, 0.29) is 0 Å². The van der Waals surface area contributed by atoms with Gasteiger partial charge < -0.3 is 0 Å². The van der Waals surface area contributed by atoms with Crippen LogP contribution in [0.1, 0.15) is 11.4 Å². The minimum absolute atomic E-state index is 0.829. The smallest absolute Gasteiger partial charge is 0.122 e. The van der Waals surface area contributed by atoms with Gasteiger partial charge >= 0.3 is 0 Å². The molecule has 0 aliphatic heterocycles. The number of nitrogens with one attached hydrogen (secondary N) is 1. The van der Waals surface area contributed by atoms with E-state index in [1.54, 1.807) is 0 Å². The standard InChI is InChI=1S/C13H12N4/c1-8-11-9(2)15-17-13(11)12(16-14-8)10-6-4-3-5-7-10/h3-7H,1-2H3,(H,15,17). The lowest BCUT2D eigenvalue weighted by Gasteiger charge is -2.02. The number of benzene rings is 1. The Kier molecular flexibility index (Phi) is 2.14. The summed E-state index contributed by atoms with van der Waals surface area (Å²) in [5, 5.41) is 16.9. The van der Waals surface area contributed by atoms with Gasteiger partial charge in [0.25, 0.3) is 0 Å². The average Bonchev–Trinajstić information content (AvgIpc) is 2.74. The maximum Gasteiger partial charge on any atom is 0.122 e. The molecule has 4 nitrogen and oxygen atoms in total. The molecule has 2 aromatic heterocycles. The molecule has 0 unspecified atom stereocenters. The van der Waals surface area contributed by atoms with Crippen molar-refractivity contribution in [3.63, 3.8) is 0 Å². The van der Waals surface area contributed by atoms with E-state index in [0.717, 1.165) is 33.5 Å². The summed E-state index contributed by atoms with van der Waals surface area (Å²) in [6.45, 7) is 3.95. The van der Waals surface area contributed by atoms with Gasteiger partial charge in [0.2, 0.25) is 0 Å². The van der Waals surface area contributed by atoms with Crippen molar-refractivity contribution in [3.05, 3.63) is 41.7 Å². The van der Waals surface area contributed by atoms with Crippen molar-refractivity contribution in [1.82, 2.24) is 20.4 Å². The van der Waals surface area contributed by atoms with Crippen LogP contribution in [0.5, 0.6) is 0 Å². The van der Waals surface area contributed by atoms with E-state index in [4.69, 9.17) is 0 Å². The Morgan fingerprint density at radius 1 is 1.00 bits per heavy atom. The molecule has 17 heavy (non-hydrogen) atoms. The van der Waals surface area contributed by atoms with Gasteiger partial charge in [-0.25, -0.2) is 0 Å². The van der Waals surface area contributed by atoms with Crippen molar-refractivity contribution in [2.45, 2.75) is 13.8 Å². The first-order valence-corrected chi connectivity index (χ1v) is 5.51. The summed E-state index contributed by atoms with van der Waals surface area (Å²) in [4.78, 5) is 0. The number of nitrogens with zero attached hydrogens (tertiary/aromatic N) is 3. The molecule has 0 atom stereocenters. The van der Waals surface area contributed by atoms with Crippen LogP contribution in [-0.4, -0.2) is 20.4 Å². The number of H-pyrrole nitrogens is 1. The Bertz CT molecular complexity index is 670. The van der Waals surface area contributed by atoms with Crippen LogP contribution in [0.4, 0.5) is 0 Å². The second-order valence-corrected chi connectivity index (χ2v) is 4.07. The molecule has 84 valence electrons. The molecule has 3 aromatic rings.